The molecule has 4 rings (SSSR count). The number of hydrogen-bond acceptors (Lipinski definition) is 5. The molecule has 7 nitrogen and oxygen atoms in total. The van der Waals surface area contributed by atoms with Gasteiger partial charge in [-0.1, -0.05) is 49.4 Å². The van der Waals surface area contributed by atoms with E-state index in [0.717, 1.165) is 22.5 Å². The van der Waals surface area contributed by atoms with E-state index in [-0.39, 0.29) is 17.7 Å². The van der Waals surface area contributed by atoms with E-state index in [1.807, 2.05) is 79.9 Å². The van der Waals surface area contributed by atoms with Gasteiger partial charge in [0.25, 0.3) is 0 Å². The number of amides is 1. The largest absolute Gasteiger partial charge is 0.315 e. The van der Waals surface area contributed by atoms with E-state index in [4.69, 9.17) is 5.26 Å². The third-order valence-electron chi connectivity index (χ3n) is 5.91. The Balaban J connectivity index is 1.40. The van der Waals surface area contributed by atoms with E-state index >= 15 is 0 Å². The number of rotatable bonds is 9. The molecule has 2 atom stereocenters. The van der Waals surface area contributed by atoms with Crippen molar-refractivity contribution in [2.45, 2.75) is 25.7 Å². The number of aromatic nitrogens is 3. The van der Waals surface area contributed by atoms with Gasteiger partial charge in [-0.25, -0.2) is 9.67 Å². The molecule has 2 N–H and O–H groups in total. The topological polar surface area (TPSA) is 95.6 Å². The zero-order chi connectivity index (χ0) is 24.6. The van der Waals surface area contributed by atoms with Crippen LogP contribution in [0, 0.1) is 18.3 Å². The first kappa shape index (κ1) is 23.9. The summed E-state index contributed by atoms with van der Waals surface area (Å²) in [6, 6.07) is 25.1. The smallest absolute Gasteiger partial charge is 0.234 e. The number of pyridine rings is 1. The van der Waals surface area contributed by atoms with Gasteiger partial charge in [-0.2, -0.15) is 10.4 Å². The zero-order valence-corrected chi connectivity index (χ0v) is 19.8. The number of nitrogens with zero attached hydrogens (tertiary/aromatic N) is 4. The lowest BCUT2D eigenvalue weighted by Crippen LogP contribution is -2.32. The summed E-state index contributed by atoms with van der Waals surface area (Å²) in [5.41, 5.74) is 4.49. The van der Waals surface area contributed by atoms with Gasteiger partial charge in [0.05, 0.1) is 35.1 Å². The van der Waals surface area contributed by atoms with E-state index in [1.165, 1.54) is 0 Å². The second-order valence-corrected chi connectivity index (χ2v) is 8.55. The molecular weight excluding hydrogens is 436 g/mol. The van der Waals surface area contributed by atoms with Crippen molar-refractivity contribution in [1.29, 1.82) is 5.26 Å². The molecule has 0 radical (unpaired) electrons. The van der Waals surface area contributed by atoms with Gasteiger partial charge in [-0.05, 0) is 54.3 Å². The number of nitriles is 1. The van der Waals surface area contributed by atoms with Crippen LogP contribution in [-0.2, 0) is 4.79 Å². The molecule has 0 aliphatic rings. The maximum Gasteiger partial charge on any atom is 0.234 e. The molecular formula is C28H28N6O. The van der Waals surface area contributed by atoms with Crippen LogP contribution in [-0.4, -0.2) is 33.8 Å². The lowest BCUT2D eigenvalue weighted by molar-refractivity contribution is -0.117. The Morgan fingerprint density at radius 2 is 1.77 bits per heavy atom. The number of nitrogens with one attached hydrogen (secondary N) is 2. The maximum atomic E-state index is 13.2. The summed E-state index contributed by atoms with van der Waals surface area (Å²) in [5, 5.41) is 19.8. The normalized spacial score (nSPS) is 12.5. The first-order valence-electron chi connectivity index (χ1n) is 11.6. The summed E-state index contributed by atoms with van der Waals surface area (Å²) in [5.74, 6) is 0.237. The van der Waals surface area contributed by atoms with E-state index in [2.05, 4.69) is 33.7 Å². The number of benzene rings is 2. The number of carbonyl (C=O) groups is 1. The predicted octanol–water partition coefficient (Wildman–Crippen LogP) is 4.56. The van der Waals surface area contributed by atoms with Crippen molar-refractivity contribution in [2.24, 2.45) is 0 Å². The summed E-state index contributed by atoms with van der Waals surface area (Å²) >= 11 is 0. The average molecular weight is 465 g/mol. The van der Waals surface area contributed by atoms with Gasteiger partial charge in [0, 0.05) is 19.3 Å². The third-order valence-corrected chi connectivity index (χ3v) is 5.91. The molecule has 1 amide bonds. The highest BCUT2D eigenvalue weighted by Gasteiger charge is 2.21. The molecule has 2 aromatic carbocycles. The molecule has 2 aromatic heterocycles. The fourth-order valence-corrected chi connectivity index (χ4v) is 3.86. The molecule has 0 saturated carbocycles. The van der Waals surface area contributed by atoms with Crippen molar-refractivity contribution >= 4 is 11.7 Å². The zero-order valence-electron chi connectivity index (χ0n) is 19.8. The molecule has 0 bridgehead atoms. The Morgan fingerprint density at radius 1 is 1.00 bits per heavy atom. The molecule has 0 fully saturated rings. The van der Waals surface area contributed by atoms with Crippen LogP contribution in [0.5, 0.6) is 0 Å². The van der Waals surface area contributed by atoms with E-state index < -0.39 is 0 Å². The van der Waals surface area contributed by atoms with Crippen molar-refractivity contribution in [2.75, 3.05) is 18.4 Å². The van der Waals surface area contributed by atoms with Crippen molar-refractivity contribution in [1.82, 2.24) is 20.1 Å². The average Bonchev–Trinajstić information content (AvgIpc) is 3.33. The highest BCUT2D eigenvalue weighted by Crippen LogP contribution is 2.19. The molecule has 1 unspecified atom stereocenters. The van der Waals surface area contributed by atoms with Crippen molar-refractivity contribution in [3.05, 3.63) is 108 Å². The minimum Gasteiger partial charge on any atom is -0.315 e. The van der Waals surface area contributed by atoms with E-state index in [0.29, 0.717) is 24.5 Å². The van der Waals surface area contributed by atoms with Crippen LogP contribution < -0.4 is 10.6 Å². The molecule has 2 heterocycles. The van der Waals surface area contributed by atoms with E-state index in [9.17, 15) is 4.79 Å². The lowest BCUT2D eigenvalue weighted by atomic mass is 9.96. The highest BCUT2D eigenvalue weighted by molar-refractivity contribution is 5.95. The van der Waals surface area contributed by atoms with Crippen LogP contribution in [0.2, 0.25) is 0 Å². The van der Waals surface area contributed by atoms with Crippen LogP contribution in [0.15, 0.2) is 85.2 Å². The fraction of sp³-hybridized carbons (Fsp3) is 0.214. The molecule has 0 spiro atoms. The number of carbonyl (C=O) groups excluding carboxylic acids is 1. The molecule has 0 aliphatic carbocycles. The highest BCUT2D eigenvalue weighted by atomic mass is 16.2. The van der Waals surface area contributed by atoms with Crippen molar-refractivity contribution in [3.63, 3.8) is 0 Å². The van der Waals surface area contributed by atoms with Crippen LogP contribution in [0.25, 0.3) is 5.69 Å². The minimum atomic E-state index is -0.375. The molecule has 176 valence electrons. The molecule has 35 heavy (non-hydrogen) atoms. The standard InChI is InChI=1S/C28H28N6O/c1-20(23-10-8-22(16-29)9-11-23)17-30-19-26(24-6-4-3-5-7-24)28(35)32-27-13-12-25(18-31-27)34-15-14-21(2)33-34/h3-15,18,20,26,30H,17,19H2,1-2H3,(H,31,32,35)/t20-,26?/m0/s1. The second kappa shape index (κ2) is 11.2. The van der Waals surface area contributed by atoms with Gasteiger partial charge < -0.3 is 10.6 Å². The Morgan fingerprint density at radius 3 is 2.40 bits per heavy atom. The summed E-state index contributed by atoms with van der Waals surface area (Å²) in [7, 11) is 0. The quantitative estimate of drug-likeness (QED) is 0.379. The van der Waals surface area contributed by atoms with Gasteiger partial charge in [-0.15, -0.1) is 0 Å². The summed E-state index contributed by atoms with van der Waals surface area (Å²) in [6.07, 6.45) is 3.57. The van der Waals surface area contributed by atoms with Gasteiger partial charge >= 0.3 is 0 Å². The van der Waals surface area contributed by atoms with Crippen LogP contribution >= 0.6 is 0 Å². The van der Waals surface area contributed by atoms with E-state index in [1.54, 1.807) is 16.9 Å². The minimum absolute atomic E-state index is 0.120. The first-order valence-corrected chi connectivity index (χ1v) is 11.6. The molecule has 7 heteroatoms. The van der Waals surface area contributed by atoms with Crippen LogP contribution in [0.3, 0.4) is 0 Å². The molecule has 0 aliphatic heterocycles. The Hall–Kier alpha value is -4.28. The summed E-state index contributed by atoms with van der Waals surface area (Å²) in [4.78, 5) is 17.7. The fourth-order valence-electron chi connectivity index (χ4n) is 3.86. The Kier molecular flexibility index (Phi) is 7.66. The van der Waals surface area contributed by atoms with Crippen molar-refractivity contribution < 1.29 is 4.79 Å². The van der Waals surface area contributed by atoms with Gasteiger partial charge in [0.2, 0.25) is 5.91 Å². The monoisotopic (exact) mass is 464 g/mol. The number of aryl methyl sites for hydroxylation is 1. The van der Waals surface area contributed by atoms with Gasteiger partial charge in [0.15, 0.2) is 0 Å². The van der Waals surface area contributed by atoms with Crippen LogP contribution in [0.4, 0.5) is 5.82 Å². The Bertz CT molecular complexity index is 1290. The second-order valence-electron chi connectivity index (χ2n) is 8.55. The summed E-state index contributed by atoms with van der Waals surface area (Å²) < 4.78 is 1.75. The SMILES string of the molecule is Cc1ccn(-c2ccc(NC(=O)C(CNC[C@H](C)c3ccc(C#N)cc3)c3ccccc3)nc2)n1. The molecule has 4 aromatic rings. The lowest BCUT2D eigenvalue weighted by Gasteiger charge is -2.20. The summed E-state index contributed by atoms with van der Waals surface area (Å²) in [6.45, 7) is 5.25. The maximum absolute atomic E-state index is 13.2. The Labute approximate surface area is 205 Å². The van der Waals surface area contributed by atoms with Crippen LogP contribution in [0.1, 0.15) is 41.1 Å². The number of anilines is 1. The molecule has 0 saturated heterocycles. The third kappa shape index (κ3) is 6.19. The number of hydrogen-bond donors (Lipinski definition) is 2. The van der Waals surface area contributed by atoms with Gasteiger partial charge in [0.1, 0.15) is 5.82 Å². The predicted molar refractivity (Wildman–Crippen MR) is 136 cm³/mol. The van der Waals surface area contributed by atoms with Crippen molar-refractivity contribution in [3.8, 4) is 11.8 Å². The van der Waals surface area contributed by atoms with Gasteiger partial charge in [-0.3, -0.25) is 4.79 Å². The first-order chi connectivity index (χ1) is 17.0.